The van der Waals surface area contributed by atoms with Crippen LogP contribution < -0.4 is 11.2 Å². The molecule has 6 rings (SSSR count). The molecule has 14 nitrogen and oxygen atoms in total. The predicted molar refractivity (Wildman–Crippen MR) is 132 cm³/mol. The lowest BCUT2D eigenvalue weighted by Crippen LogP contribution is -2.17. The molecule has 0 aliphatic rings. The number of aromatic amines is 1. The number of nitrogens with one attached hydrogen (secondary N) is 1. The molecule has 0 spiro atoms. The minimum Gasteiger partial charge on any atom is -0.422 e. The SMILES string of the molecule is Cc1[nH]n(-c2nnc3sc(-c4cc5ccccc5oc4=O)nn23)c(=O)c1N=Nc1ccc([N+](=O)[O-])cc1. The zero-order valence-electron chi connectivity index (χ0n) is 18.7. The number of H-pyrrole nitrogens is 1. The number of fused-ring (bicyclic) bond motifs is 2. The van der Waals surface area contributed by atoms with E-state index in [1.807, 2.05) is 12.1 Å². The van der Waals surface area contributed by atoms with E-state index in [-0.39, 0.29) is 22.9 Å². The molecule has 4 heterocycles. The van der Waals surface area contributed by atoms with Crippen molar-refractivity contribution in [2.75, 3.05) is 0 Å². The van der Waals surface area contributed by atoms with Gasteiger partial charge in [0.1, 0.15) is 5.58 Å². The fourth-order valence-electron chi connectivity index (χ4n) is 3.61. The lowest BCUT2D eigenvalue weighted by molar-refractivity contribution is -0.384. The summed E-state index contributed by atoms with van der Waals surface area (Å²) >= 11 is 1.12. The van der Waals surface area contributed by atoms with Crippen LogP contribution >= 0.6 is 11.3 Å². The van der Waals surface area contributed by atoms with E-state index < -0.39 is 16.1 Å². The Bertz CT molecular complexity index is 1980. The zero-order valence-corrected chi connectivity index (χ0v) is 19.5. The van der Waals surface area contributed by atoms with E-state index in [0.29, 0.717) is 26.9 Å². The molecule has 0 fully saturated rings. The van der Waals surface area contributed by atoms with Gasteiger partial charge in [-0.15, -0.1) is 15.3 Å². The third-order valence-corrected chi connectivity index (χ3v) is 6.34. The predicted octanol–water partition coefficient (Wildman–Crippen LogP) is 4.07. The van der Waals surface area contributed by atoms with Crippen LogP contribution in [0.3, 0.4) is 0 Å². The van der Waals surface area contributed by atoms with Crippen molar-refractivity contribution in [2.24, 2.45) is 10.2 Å². The van der Waals surface area contributed by atoms with Gasteiger partial charge in [-0.2, -0.15) is 19.4 Å². The van der Waals surface area contributed by atoms with Crippen molar-refractivity contribution in [1.82, 2.24) is 29.6 Å². The summed E-state index contributed by atoms with van der Waals surface area (Å²) in [5.74, 6) is 0.0626. The molecule has 15 heteroatoms. The smallest absolute Gasteiger partial charge is 0.346 e. The zero-order chi connectivity index (χ0) is 25.7. The number of para-hydroxylation sites is 1. The highest BCUT2D eigenvalue weighted by atomic mass is 32.1. The van der Waals surface area contributed by atoms with Crippen LogP contribution in [0.25, 0.3) is 32.4 Å². The maximum atomic E-state index is 13.1. The van der Waals surface area contributed by atoms with E-state index >= 15 is 0 Å². The number of azo groups is 1. The third kappa shape index (κ3) is 3.79. The molecular formula is C22H13N9O5S. The van der Waals surface area contributed by atoms with Gasteiger partial charge in [0.2, 0.25) is 4.96 Å². The first kappa shape index (κ1) is 22.2. The first-order chi connectivity index (χ1) is 17.9. The molecule has 1 N–H and O–H groups in total. The summed E-state index contributed by atoms with van der Waals surface area (Å²) in [6.07, 6.45) is 0. The summed E-state index contributed by atoms with van der Waals surface area (Å²) in [6.45, 7) is 1.63. The number of benzene rings is 2. The van der Waals surface area contributed by atoms with Gasteiger partial charge in [-0.05, 0) is 31.2 Å². The third-order valence-electron chi connectivity index (χ3n) is 5.41. The number of nitrogens with zero attached hydrogens (tertiary/aromatic N) is 8. The highest BCUT2D eigenvalue weighted by Gasteiger charge is 2.21. The molecule has 0 unspecified atom stereocenters. The van der Waals surface area contributed by atoms with Crippen LogP contribution in [0, 0.1) is 17.0 Å². The van der Waals surface area contributed by atoms with Crippen LogP contribution in [-0.4, -0.2) is 34.5 Å². The number of aryl methyl sites for hydroxylation is 1. The molecule has 0 aliphatic heterocycles. The van der Waals surface area contributed by atoms with E-state index in [2.05, 4.69) is 30.6 Å². The lowest BCUT2D eigenvalue weighted by atomic mass is 10.2. The summed E-state index contributed by atoms with van der Waals surface area (Å²) in [5, 5.41) is 35.4. The number of nitro groups is 1. The second kappa shape index (κ2) is 8.42. The molecule has 0 bridgehead atoms. The second-order valence-corrected chi connectivity index (χ2v) is 8.74. The lowest BCUT2D eigenvalue weighted by Gasteiger charge is -1.98. The van der Waals surface area contributed by atoms with Gasteiger partial charge in [0, 0.05) is 17.5 Å². The second-order valence-electron chi connectivity index (χ2n) is 7.79. The molecule has 0 amide bonds. The minimum atomic E-state index is -0.558. The molecule has 4 aromatic heterocycles. The topological polar surface area (TPSA) is 179 Å². The molecule has 6 aromatic rings. The van der Waals surface area contributed by atoms with Crippen LogP contribution in [0.4, 0.5) is 17.1 Å². The first-order valence-corrected chi connectivity index (χ1v) is 11.4. The normalized spacial score (nSPS) is 11.7. The quantitative estimate of drug-likeness (QED) is 0.154. The van der Waals surface area contributed by atoms with Gasteiger partial charge in [-0.3, -0.25) is 20.0 Å². The van der Waals surface area contributed by atoms with Crippen molar-refractivity contribution in [1.29, 1.82) is 0 Å². The van der Waals surface area contributed by atoms with Crippen molar-refractivity contribution in [2.45, 2.75) is 6.92 Å². The van der Waals surface area contributed by atoms with Crippen molar-refractivity contribution in [3.8, 4) is 16.5 Å². The highest BCUT2D eigenvalue weighted by Crippen LogP contribution is 2.27. The van der Waals surface area contributed by atoms with Crippen LogP contribution in [-0.2, 0) is 0 Å². The van der Waals surface area contributed by atoms with Crippen molar-refractivity contribution < 1.29 is 9.34 Å². The fraction of sp³-hybridized carbons (Fsp3) is 0.0455. The average molecular weight is 515 g/mol. The standard InChI is InChI=1S/C22H13N9O5S/c1-11-17(24-23-13-6-8-14(9-7-13)31(34)35)19(32)29(27-11)21-25-26-22-30(21)28-18(37-22)15-10-12-4-2-3-5-16(12)36-20(15)33/h2-10,27H,1H3. The number of rotatable bonds is 5. The summed E-state index contributed by atoms with van der Waals surface area (Å²) in [6, 6.07) is 14.2. The van der Waals surface area contributed by atoms with Crippen LogP contribution in [0.5, 0.6) is 0 Å². The maximum absolute atomic E-state index is 13.1. The van der Waals surface area contributed by atoms with E-state index in [4.69, 9.17) is 4.42 Å². The first-order valence-electron chi connectivity index (χ1n) is 10.6. The Morgan fingerprint density at radius 3 is 2.65 bits per heavy atom. The number of nitro benzene ring substituents is 1. The largest absolute Gasteiger partial charge is 0.422 e. The summed E-state index contributed by atoms with van der Waals surface area (Å²) in [7, 11) is 0. The molecule has 0 saturated carbocycles. The van der Waals surface area contributed by atoms with Gasteiger partial charge in [0.15, 0.2) is 10.7 Å². The Morgan fingerprint density at radius 2 is 1.86 bits per heavy atom. The van der Waals surface area contributed by atoms with Crippen LogP contribution in [0.2, 0.25) is 0 Å². The van der Waals surface area contributed by atoms with Gasteiger partial charge >= 0.3 is 11.2 Å². The Labute approximate surface area is 208 Å². The summed E-state index contributed by atoms with van der Waals surface area (Å²) < 4.78 is 7.86. The number of non-ortho nitro benzene ring substituents is 1. The average Bonchev–Trinajstić information content (AvgIpc) is 3.55. The Balaban J connectivity index is 1.37. The summed E-state index contributed by atoms with van der Waals surface area (Å²) in [4.78, 5) is 36.3. The molecular weight excluding hydrogens is 502 g/mol. The molecule has 0 radical (unpaired) electrons. The van der Waals surface area contributed by atoms with Crippen molar-refractivity contribution >= 4 is 44.3 Å². The summed E-state index contributed by atoms with van der Waals surface area (Å²) in [5.41, 5.74) is 0.277. The number of hydrogen-bond donors (Lipinski definition) is 1. The van der Waals surface area contributed by atoms with Gasteiger partial charge in [-0.25, -0.2) is 4.79 Å². The Morgan fingerprint density at radius 1 is 1.08 bits per heavy atom. The fourth-order valence-corrected chi connectivity index (χ4v) is 4.45. The van der Waals surface area contributed by atoms with E-state index in [0.717, 1.165) is 21.4 Å². The number of hydrogen-bond acceptors (Lipinski definition) is 11. The van der Waals surface area contributed by atoms with E-state index in [1.165, 1.54) is 28.8 Å². The van der Waals surface area contributed by atoms with Gasteiger partial charge < -0.3 is 4.42 Å². The molecule has 0 aliphatic carbocycles. The Kier molecular flexibility index (Phi) is 5.04. The van der Waals surface area contributed by atoms with Crippen LogP contribution in [0.15, 0.2) is 78.8 Å². The van der Waals surface area contributed by atoms with E-state index in [1.54, 1.807) is 25.1 Å². The molecule has 182 valence electrons. The van der Waals surface area contributed by atoms with Crippen molar-refractivity contribution in [3.05, 3.63) is 91.2 Å². The van der Waals surface area contributed by atoms with E-state index in [9.17, 15) is 19.7 Å². The van der Waals surface area contributed by atoms with Crippen LogP contribution in [0.1, 0.15) is 5.69 Å². The molecule has 2 aromatic carbocycles. The van der Waals surface area contributed by atoms with Gasteiger partial charge in [0.05, 0.1) is 21.9 Å². The monoisotopic (exact) mass is 515 g/mol. The number of aromatic nitrogens is 6. The highest BCUT2D eigenvalue weighted by molar-refractivity contribution is 7.19. The Hall–Kier alpha value is -5.31. The minimum absolute atomic E-state index is 0.0146. The molecule has 0 atom stereocenters. The maximum Gasteiger partial charge on any atom is 0.346 e. The molecule has 37 heavy (non-hydrogen) atoms. The molecule has 0 saturated heterocycles. The van der Waals surface area contributed by atoms with Crippen molar-refractivity contribution in [3.63, 3.8) is 0 Å². The van der Waals surface area contributed by atoms with Gasteiger partial charge in [0.25, 0.3) is 11.6 Å². The van der Waals surface area contributed by atoms with Gasteiger partial charge in [-0.1, -0.05) is 29.5 Å².